The molecule has 0 fully saturated rings. The van der Waals surface area contributed by atoms with Crippen molar-refractivity contribution in [3.63, 3.8) is 0 Å². The minimum absolute atomic E-state index is 0.0193. The zero-order valence-corrected chi connectivity index (χ0v) is 18.2. The molecule has 0 atom stereocenters. The molecule has 7 heteroatoms. The third-order valence-corrected chi connectivity index (χ3v) is 5.42. The standard InChI is InChI=1S/C25H27N5O2/c1-19-7-5-11-21(15-19)17-29-18-27-24-22(25(29)32)16-28-30(24)14-13-26-23(31)12-6-10-20-8-3-2-4-9-20/h2-5,7-9,11,15-16,18H,6,10,12-14,17H2,1H3,(H,26,31). The average Bonchev–Trinajstić information content (AvgIpc) is 3.20. The molecule has 2 aromatic carbocycles. The van der Waals surface area contributed by atoms with Gasteiger partial charge in [-0.15, -0.1) is 0 Å². The van der Waals surface area contributed by atoms with Gasteiger partial charge in [0.05, 0.1) is 19.3 Å². The fourth-order valence-electron chi connectivity index (χ4n) is 3.77. The van der Waals surface area contributed by atoms with Crippen molar-refractivity contribution in [1.29, 1.82) is 0 Å². The number of rotatable bonds is 9. The molecule has 0 saturated heterocycles. The predicted octanol–water partition coefficient (Wildman–Crippen LogP) is 3.09. The third-order valence-electron chi connectivity index (χ3n) is 5.42. The number of hydrogen-bond donors (Lipinski definition) is 1. The number of amides is 1. The number of aromatic nitrogens is 4. The second-order valence-electron chi connectivity index (χ2n) is 7.96. The van der Waals surface area contributed by atoms with E-state index in [-0.39, 0.29) is 11.5 Å². The molecule has 4 rings (SSSR count). The summed E-state index contributed by atoms with van der Waals surface area (Å²) in [5.41, 5.74) is 3.86. The summed E-state index contributed by atoms with van der Waals surface area (Å²) >= 11 is 0. The Morgan fingerprint density at radius 2 is 1.88 bits per heavy atom. The Hall–Kier alpha value is -3.74. The van der Waals surface area contributed by atoms with E-state index in [4.69, 9.17) is 0 Å². The number of nitrogens with one attached hydrogen (secondary N) is 1. The molecule has 0 radical (unpaired) electrons. The molecule has 0 spiro atoms. The molecule has 0 unspecified atom stereocenters. The van der Waals surface area contributed by atoms with Crippen LogP contribution in [0.15, 0.2) is 71.9 Å². The summed E-state index contributed by atoms with van der Waals surface area (Å²) in [5, 5.41) is 7.71. The minimum Gasteiger partial charge on any atom is -0.354 e. The molecule has 0 aliphatic rings. The molecular weight excluding hydrogens is 402 g/mol. The van der Waals surface area contributed by atoms with Crippen molar-refractivity contribution < 1.29 is 4.79 Å². The van der Waals surface area contributed by atoms with Gasteiger partial charge in [-0.1, -0.05) is 60.2 Å². The summed E-state index contributed by atoms with van der Waals surface area (Å²) in [6.07, 6.45) is 5.29. The van der Waals surface area contributed by atoms with E-state index >= 15 is 0 Å². The highest BCUT2D eigenvalue weighted by atomic mass is 16.1. The summed E-state index contributed by atoms with van der Waals surface area (Å²) in [6.45, 7) is 3.39. The van der Waals surface area contributed by atoms with E-state index in [0.717, 1.165) is 24.0 Å². The highest BCUT2D eigenvalue weighted by molar-refractivity contribution is 5.76. The highest BCUT2D eigenvalue weighted by Crippen LogP contribution is 2.09. The lowest BCUT2D eigenvalue weighted by atomic mass is 10.1. The van der Waals surface area contributed by atoms with Gasteiger partial charge in [-0.05, 0) is 30.9 Å². The van der Waals surface area contributed by atoms with Crippen molar-refractivity contribution in [3.05, 3.63) is 94.2 Å². The first-order valence-electron chi connectivity index (χ1n) is 10.9. The van der Waals surface area contributed by atoms with Gasteiger partial charge < -0.3 is 5.32 Å². The van der Waals surface area contributed by atoms with Crippen molar-refractivity contribution >= 4 is 16.9 Å². The van der Waals surface area contributed by atoms with Gasteiger partial charge in [0.25, 0.3) is 5.56 Å². The first-order chi connectivity index (χ1) is 15.6. The average molecular weight is 430 g/mol. The molecule has 2 heterocycles. The van der Waals surface area contributed by atoms with Crippen LogP contribution in [-0.2, 0) is 24.3 Å². The molecule has 164 valence electrons. The van der Waals surface area contributed by atoms with Crippen LogP contribution < -0.4 is 10.9 Å². The normalized spacial score (nSPS) is 11.0. The van der Waals surface area contributed by atoms with Gasteiger partial charge in [-0.25, -0.2) is 9.67 Å². The summed E-state index contributed by atoms with van der Waals surface area (Å²) in [6, 6.07) is 18.2. The second-order valence-corrected chi connectivity index (χ2v) is 7.96. The third kappa shape index (κ3) is 5.29. The van der Waals surface area contributed by atoms with E-state index < -0.39 is 0 Å². The van der Waals surface area contributed by atoms with Crippen LogP contribution in [0.1, 0.15) is 29.5 Å². The van der Waals surface area contributed by atoms with Gasteiger partial charge in [0.15, 0.2) is 5.65 Å². The van der Waals surface area contributed by atoms with Crippen molar-refractivity contribution in [3.8, 4) is 0 Å². The van der Waals surface area contributed by atoms with E-state index in [1.165, 1.54) is 5.56 Å². The Bertz CT molecular complexity index is 1260. The molecule has 32 heavy (non-hydrogen) atoms. The van der Waals surface area contributed by atoms with Gasteiger partial charge in [0.1, 0.15) is 11.7 Å². The van der Waals surface area contributed by atoms with Crippen LogP contribution in [0.3, 0.4) is 0 Å². The molecule has 2 aromatic heterocycles. The van der Waals surface area contributed by atoms with Crippen LogP contribution in [0.5, 0.6) is 0 Å². The SMILES string of the molecule is Cc1cccc(Cn2cnc3c(cnn3CCNC(=O)CCCc3ccccc3)c2=O)c1. The molecule has 0 aliphatic carbocycles. The van der Waals surface area contributed by atoms with Gasteiger partial charge in [-0.3, -0.25) is 14.2 Å². The lowest BCUT2D eigenvalue weighted by Gasteiger charge is -2.08. The maximum absolute atomic E-state index is 12.8. The molecule has 1 amide bonds. The highest BCUT2D eigenvalue weighted by Gasteiger charge is 2.11. The number of fused-ring (bicyclic) bond motifs is 1. The zero-order chi connectivity index (χ0) is 22.3. The number of nitrogens with zero attached hydrogens (tertiary/aromatic N) is 4. The summed E-state index contributed by atoms with van der Waals surface area (Å²) in [4.78, 5) is 29.4. The first kappa shape index (κ1) is 21.5. The van der Waals surface area contributed by atoms with Crippen molar-refractivity contribution in [1.82, 2.24) is 24.6 Å². The Labute approximate surface area is 186 Å². The monoisotopic (exact) mass is 429 g/mol. The number of hydrogen-bond acceptors (Lipinski definition) is 4. The fraction of sp³-hybridized carbons (Fsp3) is 0.280. The molecular formula is C25H27N5O2. The van der Waals surface area contributed by atoms with Crippen LogP contribution in [0, 0.1) is 6.92 Å². The van der Waals surface area contributed by atoms with E-state index in [9.17, 15) is 9.59 Å². The number of carbonyl (C=O) groups is 1. The van der Waals surface area contributed by atoms with Crippen LogP contribution in [0.25, 0.3) is 11.0 Å². The van der Waals surface area contributed by atoms with Gasteiger partial charge in [0.2, 0.25) is 5.91 Å². The van der Waals surface area contributed by atoms with Crippen molar-refractivity contribution in [2.24, 2.45) is 0 Å². The molecule has 7 nitrogen and oxygen atoms in total. The Morgan fingerprint density at radius 3 is 2.69 bits per heavy atom. The maximum Gasteiger partial charge on any atom is 0.264 e. The van der Waals surface area contributed by atoms with E-state index in [0.29, 0.717) is 37.1 Å². The molecule has 0 saturated carbocycles. The van der Waals surface area contributed by atoms with Crippen LogP contribution in [-0.4, -0.2) is 31.8 Å². The minimum atomic E-state index is -0.118. The van der Waals surface area contributed by atoms with E-state index in [2.05, 4.69) is 33.6 Å². The predicted molar refractivity (Wildman–Crippen MR) is 124 cm³/mol. The Morgan fingerprint density at radius 1 is 1.06 bits per heavy atom. The van der Waals surface area contributed by atoms with Gasteiger partial charge in [0, 0.05) is 13.0 Å². The largest absolute Gasteiger partial charge is 0.354 e. The first-order valence-corrected chi connectivity index (χ1v) is 10.9. The maximum atomic E-state index is 12.8. The van der Waals surface area contributed by atoms with Crippen LogP contribution >= 0.6 is 0 Å². The number of carbonyl (C=O) groups excluding carboxylic acids is 1. The van der Waals surface area contributed by atoms with E-state index in [1.54, 1.807) is 21.8 Å². The molecule has 1 N–H and O–H groups in total. The van der Waals surface area contributed by atoms with Crippen LogP contribution in [0.2, 0.25) is 0 Å². The summed E-state index contributed by atoms with van der Waals surface area (Å²) in [7, 11) is 0. The van der Waals surface area contributed by atoms with Crippen LogP contribution in [0.4, 0.5) is 0 Å². The van der Waals surface area contributed by atoms with E-state index in [1.807, 2.05) is 43.3 Å². The topological polar surface area (TPSA) is 81.8 Å². The Kier molecular flexibility index (Phi) is 6.75. The van der Waals surface area contributed by atoms with Gasteiger partial charge >= 0.3 is 0 Å². The van der Waals surface area contributed by atoms with Gasteiger partial charge in [-0.2, -0.15) is 5.10 Å². The molecule has 0 bridgehead atoms. The smallest absolute Gasteiger partial charge is 0.264 e. The lowest BCUT2D eigenvalue weighted by Crippen LogP contribution is -2.27. The molecule has 0 aliphatic heterocycles. The fourth-order valence-corrected chi connectivity index (χ4v) is 3.77. The quantitative estimate of drug-likeness (QED) is 0.443. The lowest BCUT2D eigenvalue weighted by molar-refractivity contribution is -0.121. The summed E-state index contributed by atoms with van der Waals surface area (Å²) in [5.74, 6) is 0.0193. The Balaban J connectivity index is 1.31. The second kappa shape index (κ2) is 10.0. The summed E-state index contributed by atoms with van der Waals surface area (Å²) < 4.78 is 3.26. The zero-order valence-electron chi connectivity index (χ0n) is 18.2. The number of aryl methyl sites for hydroxylation is 2. The number of benzene rings is 2. The van der Waals surface area contributed by atoms with Crippen molar-refractivity contribution in [2.75, 3.05) is 6.54 Å². The molecule has 4 aromatic rings. The van der Waals surface area contributed by atoms with Crippen molar-refractivity contribution in [2.45, 2.75) is 39.3 Å².